The van der Waals surface area contributed by atoms with E-state index in [-0.39, 0.29) is 12.3 Å². The van der Waals surface area contributed by atoms with Crippen LogP contribution in [-0.2, 0) is 42.8 Å². The Hall–Kier alpha value is -3.05. The third-order valence-corrected chi connectivity index (χ3v) is 22.8. The minimum atomic E-state index is -3.08. The Morgan fingerprint density at radius 3 is 1.26 bits per heavy atom. The van der Waals surface area contributed by atoms with Crippen molar-refractivity contribution < 1.29 is 104 Å². The van der Waals surface area contributed by atoms with E-state index >= 15 is 0 Å². The number of carboxylic acids is 1. The largest absolute Gasteiger partial charge is 0.477 e. The lowest BCUT2D eigenvalue weighted by molar-refractivity contribution is -0.386. The van der Waals surface area contributed by atoms with Gasteiger partial charge in [-0.15, -0.1) is 0 Å². The lowest BCUT2D eigenvalue weighted by atomic mass is 9.88. The number of ether oxygens (including phenoxy) is 6. The van der Waals surface area contributed by atoms with Gasteiger partial charge in [-0.2, -0.15) is 0 Å². The fraction of sp³-hybridized carbons (Fsp3) is 0.899. The maximum Gasteiger partial charge on any atom is 0.364 e. The van der Waals surface area contributed by atoms with Crippen molar-refractivity contribution in [1.29, 1.82) is 0 Å². The molecule has 0 spiro atoms. The topological polar surface area (TPSA) is 373 Å². The number of carboxylic acid groups (broad SMARTS) is 1. The highest BCUT2D eigenvalue weighted by Gasteiger charge is 2.60. The summed E-state index contributed by atoms with van der Waals surface area (Å²) in [7, 11) is 0. The van der Waals surface area contributed by atoms with E-state index in [0.717, 1.165) is 58.3 Å². The number of hydrogen-bond acceptors (Lipinski definition) is 20. The van der Waals surface area contributed by atoms with E-state index < -0.39 is 155 Å². The smallest absolute Gasteiger partial charge is 0.364 e. The Morgan fingerprint density at radius 1 is 0.473 bits per heavy atom. The van der Waals surface area contributed by atoms with Crippen molar-refractivity contribution in [3.8, 4) is 0 Å². The summed E-state index contributed by atoms with van der Waals surface area (Å²) in [6.07, 6.45) is 50.5. The lowest BCUT2D eigenvalue weighted by Gasteiger charge is -2.50. The molecule has 0 saturated carbocycles. The van der Waals surface area contributed by atoms with Crippen LogP contribution in [0.2, 0.25) is 0 Å². The first kappa shape index (κ1) is 103. The predicted octanol–water partition coefficient (Wildman–Crippen LogP) is 14.4. The second-order valence-corrected chi connectivity index (χ2v) is 32.8. The van der Waals surface area contributed by atoms with E-state index in [9.17, 15) is 75.7 Å². The van der Waals surface area contributed by atoms with Gasteiger partial charge in [0.25, 0.3) is 5.79 Å². The van der Waals surface area contributed by atoms with Crippen molar-refractivity contribution in [1.82, 2.24) is 10.6 Å². The highest BCUT2D eigenvalue weighted by atomic mass is 16.8. The van der Waals surface area contributed by atoms with Crippen LogP contribution in [-0.4, -0.2) is 215 Å². The number of unbranched alkanes of at least 4 members (excludes halogenated alkanes) is 49. The van der Waals surface area contributed by atoms with Gasteiger partial charge in [0, 0.05) is 19.8 Å². The van der Waals surface area contributed by atoms with Crippen molar-refractivity contribution >= 4 is 17.8 Å². The molecule has 0 bridgehead atoms. The highest BCUT2D eigenvalue weighted by molar-refractivity contribution is 5.77. The molecule has 0 aromatic heterocycles. The number of aliphatic hydroxyl groups is 11. The van der Waals surface area contributed by atoms with Gasteiger partial charge in [0.1, 0.15) is 67.1 Å². The standard InChI is InChI=1S/C89H164N2O21/c1-4-6-8-10-12-14-16-18-20-22-24-26-28-29-30-31-32-33-34-35-36-37-38-39-41-43-45-47-49-51-53-55-57-59-61-63-76(99)91-70(71(96)62-60-58-56-54-52-50-48-46-44-42-40-27-25-23-21-19-17-15-13-11-9-7-5-2)68-107-86-81(103)80(102)83(75(67-94)109-86)110-87-82(104)85(79(101)74(66-93)108-87)112-89(88(105)106)64-72(97)77(90-69(3)95)84(111-89)78(100)73(98)65-92/h28-29,31-32,60,62,70-75,77-87,92-94,96-98,100-104H,4-27,30,33-59,61,63-68H2,1-3H3,(H,90,95)(H,91,99)(H,105,106)/b29-28-,32-31-,62-60+. The zero-order valence-corrected chi connectivity index (χ0v) is 70.0. The molecule has 0 aromatic carbocycles. The van der Waals surface area contributed by atoms with Crippen molar-refractivity contribution in [3.63, 3.8) is 0 Å². The van der Waals surface area contributed by atoms with Gasteiger partial charge in [0.05, 0.1) is 50.7 Å². The van der Waals surface area contributed by atoms with Crippen LogP contribution in [0, 0.1) is 0 Å². The van der Waals surface area contributed by atoms with Gasteiger partial charge in [-0.25, -0.2) is 4.79 Å². The quantitative estimate of drug-likeness (QED) is 0.0199. The zero-order valence-electron chi connectivity index (χ0n) is 70.0. The molecule has 18 atom stereocenters. The number of amides is 2. The molecule has 2 amide bonds. The molecule has 3 saturated heterocycles. The molecule has 0 aromatic rings. The summed E-state index contributed by atoms with van der Waals surface area (Å²) in [4.78, 5) is 38.8. The first-order chi connectivity index (χ1) is 54.4. The Bertz CT molecular complexity index is 2360. The molecule has 23 heteroatoms. The van der Waals surface area contributed by atoms with E-state index in [4.69, 9.17) is 28.4 Å². The van der Waals surface area contributed by atoms with Gasteiger partial charge in [-0.3, -0.25) is 9.59 Å². The number of allylic oxidation sites excluding steroid dienone is 5. The first-order valence-electron chi connectivity index (χ1n) is 45.4. The van der Waals surface area contributed by atoms with E-state index in [1.165, 1.54) is 276 Å². The van der Waals surface area contributed by atoms with Crippen molar-refractivity contribution in [2.24, 2.45) is 0 Å². The number of aliphatic carboxylic acids is 1. The van der Waals surface area contributed by atoms with E-state index in [2.05, 4.69) is 48.8 Å². The van der Waals surface area contributed by atoms with Crippen LogP contribution in [0.25, 0.3) is 0 Å². The van der Waals surface area contributed by atoms with Crippen LogP contribution in [0.4, 0.5) is 0 Å². The fourth-order valence-corrected chi connectivity index (χ4v) is 15.7. The second-order valence-electron chi connectivity index (χ2n) is 32.8. The summed E-state index contributed by atoms with van der Waals surface area (Å²) < 4.78 is 35.0. The van der Waals surface area contributed by atoms with E-state index in [0.29, 0.717) is 12.8 Å². The molecule has 3 fully saturated rings. The van der Waals surface area contributed by atoms with Crippen molar-refractivity contribution in [3.05, 3.63) is 36.5 Å². The van der Waals surface area contributed by atoms with Gasteiger partial charge in [-0.05, 0) is 51.4 Å². The van der Waals surface area contributed by atoms with Crippen LogP contribution in [0.1, 0.15) is 374 Å². The number of aliphatic hydroxyl groups excluding tert-OH is 11. The summed E-state index contributed by atoms with van der Waals surface area (Å²) >= 11 is 0. The maximum atomic E-state index is 13.6. The number of carbonyl (C=O) groups is 3. The molecule has 23 nitrogen and oxygen atoms in total. The van der Waals surface area contributed by atoms with E-state index in [1.54, 1.807) is 6.08 Å². The molecule has 112 heavy (non-hydrogen) atoms. The molecule has 3 aliphatic rings. The summed E-state index contributed by atoms with van der Waals surface area (Å²) in [6.45, 7) is 2.21. The SMILES string of the molecule is CCCCCCCCCCCCC/C=C\C/C=C\CCCCCCCCCCCCCCCCCCCC(=O)NC(COC1OC(CO)C(OC2OC(CO)C(O)C(OC3(C(=O)O)CC(O)C(NC(C)=O)C(C(O)C(O)CO)O3)C2O)C(O)C1O)C(O)/C=C/CCCCCCCCCCCCCCCCCCCCCCC. The van der Waals surface area contributed by atoms with Crippen LogP contribution in [0.3, 0.4) is 0 Å². The molecule has 3 aliphatic heterocycles. The Labute approximate surface area is 676 Å². The normalized spacial score (nSPS) is 25.5. The Morgan fingerprint density at radius 2 is 0.866 bits per heavy atom. The van der Waals surface area contributed by atoms with Crippen molar-refractivity contribution in [2.75, 3.05) is 26.4 Å². The molecule has 0 aliphatic carbocycles. The third kappa shape index (κ3) is 45.2. The van der Waals surface area contributed by atoms with Gasteiger partial charge in [0.2, 0.25) is 11.8 Å². The third-order valence-electron chi connectivity index (χ3n) is 22.8. The second kappa shape index (κ2) is 66.8. The summed E-state index contributed by atoms with van der Waals surface area (Å²) in [5.74, 6) is -6.14. The van der Waals surface area contributed by atoms with Gasteiger partial charge in [-0.1, -0.05) is 339 Å². The fourth-order valence-electron chi connectivity index (χ4n) is 15.7. The molecular weight excluding hydrogens is 1430 g/mol. The molecule has 3 rings (SSSR count). The highest BCUT2D eigenvalue weighted by Crippen LogP contribution is 2.39. The summed E-state index contributed by atoms with van der Waals surface area (Å²) in [5, 5.41) is 137. The average molecular weight is 1600 g/mol. The zero-order chi connectivity index (χ0) is 81.7. The molecule has 18 unspecified atom stereocenters. The molecule has 3 heterocycles. The number of hydrogen-bond donors (Lipinski definition) is 14. The minimum Gasteiger partial charge on any atom is -0.477 e. The lowest BCUT2D eigenvalue weighted by Crippen LogP contribution is -2.70. The van der Waals surface area contributed by atoms with Crippen LogP contribution in [0.15, 0.2) is 36.5 Å². The Balaban J connectivity index is 1.44. The monoisotopic (exact) mass is 1600 g/mol. The van der Waals surface area contributed by atoms with Crippen LogP contribution >= 0.6 is 0 Å². The first-order valence-corrected chi connectivity index (χ1v) is 45.4. The predicted molar refractivity (Wildman–Crippen MR) is 440 cm³/mol. The summed E-state index contributed by atoms with van der Waals surface area (Å²) in [6, 6.07) is -2.62. The molecule has 0 radical (unpaired) electrons. The maximum absolute atomic E-state index is 13.6. The van der Waals surface area contributed by atoms with Crippen LogP contribution < -0.4 is 10.6 Å². The molecule has 14 N–H and O–H groups in total. The van der Waals surface area contributed by atoms with Gasteiger partial charge in [0.15, 0.2) is 12.6 Å². The van der Waals surface area contributed by atoms with Gasteiger partial charge >= 0.3 is 5.97 Å². The Kier molecular flexibility index (Phi) is 61.5. The van der Waals surface area contributed by atoms with Crippen LogP contribution in [0.5, 0.6) is 0 Å². The number of rotatable bonds is 73. The number of nitrogens with one attached hydrogen (secondary N) is 2. The minimum absolute atomic E-state index is 0.202. The van der Waals surface area contributed by atoms with Gasteiger partial charge < -0.3 is 100 Å². The van der Waals surface area contributed by atoms with E-state index in [1.807, 2.05) is 6.08 Å². The molecular formula is C89H164N2O21. The summed E-state index contributed by atoms with van der Waals surface area (Å²) in [5.41, 5.74) is 0. The molecule has 656 valence electrons. The number of carbonyl (C=O) groups excluding carboxylic acids is 2. The average Bonchev–Trinajstić information content (AvgIpc) is 0.756. The van der Waals surface area contributed by atoms with Crippen molar-refractivity contribution in [2.45, 2.75) is 484 Å².